The molecule has 0 aliphatic rings. The zero-order valence-corrected chi connectivity index (χ0v) is 51.1. The van der Waals surface area contributed by atoms with Crippen molar-refractivity contribution in [2.24, 2.45) is 0 Å². The summed E-state index contributed by atoms with van der Waals surface area (Å²) in [4.78, 5) is 24.1. The van der Waals surface area contributed by atoms with Crippen LogP contribution in [0.5, 0.6) is 11.5 Å². The van der Waals surface area contributed by atoms with E-state index in [1.54, 1.807) is 69.3 Å². The van der Waals surface area contributed by atoms with Crippen molar-refractivity contribution in [1.29, 1.82) is 10.5 Å². The second-order valence-corrected chi connectivity index (χ2v) is 23.9. The second kappa shape index (κ2) is 32.9. The number of nitrogens with one attached hydrogen (secondary N) is 2. The molecule has 8 aromatic rings. The molecule has 0 unspecified atom stereocenters. The van der Waals surface area contributed by atoms with Crippen LogP contribution in [0.3, 0.4) is 0 Å². The molecule has 0 bridgehead atoms. The SMILES string of the molecule is C.C.CC(C)(C)[S@](=O)N[C@@](Cc1ccccc1)(c1cc(F)cc(OC(F)(F)C(F)F)c1)c1ccc(F)c(C#N)c1.N#Cc1cc([C@@](Cc2ccccc2)(NC(=O)c2ccc(F)c(C(F)(F)F)c2)c2cc(F)cc(OC(F)(F)C(F)F)c2)ccc1F.O=C(Cl)c1ccc(F)c(C(F)(F)F)c1. The van der Waals surface area contributed by atoms with Gasteiger partial charge in [-0.2, -0.15) is 72.0 Å². The maximum atomic E-state index is 15.0. The Balaban J connectivity index is 0.000000349. The summed E-state index contributed by atoms with van der Waals surface area (Å²) in [7, 11) is -1.89. The standard InChI is InChI=1S/C31H18F10N2O2.C27H24F6N2O2S.C8H3ClF4O.2CH4/c32-22-12-21(13-23(14-22)45-31(40,41)28(35)36)29(15-17-4-2-1-3-5-17,20-7-9-25(33)19(10-20)16-42)43-27(44)18-6-8-26(34)24(11-18)30(37,38)39;1-25(2,3)38(36)35-26(15-17-7-5-4-6-8-17,19-9-10-23(29)18(11-19)16-34)20-12-21(28)14-22(13-20)37-27(32,33)24(30)31;9-7(14)4-1-2-6(10)5(3-4)8(11,12)13;;/h1-14,28H,15H2,(H,43,44);4-14,24,35H,15H2,1-3H3;1-3H;2*1H4/t29-;26-,38+;;;/m11.../s1. The summed E-state index contributed by atoms with van der Waals surface area (Å²) in [6.07, 6.45) is -29.1. The van der Waals surface area contributed by atoms with Gasteiger partial charge in [-0.25, -0.2) is 35.3 Å². The number of amides is 1. The predicted octanol–water partition coefficient (Wildman–Crippen LogP) is 19.3. The average molecular weight is 1450 g/mol. The van der Waals surface area contributed by atoms with Crippen molar-refractivity contribution in [3.63, 3.8) is 0 Å². The number of hydrogen-bond acceptors (Lipinski definition) is 7. The van der Waals surface area contributed by atoms with Gasteiger partial charge in [0.25, 0.3) is 11.1 Å². The van der Waals surface area contributed by atoms with Gasteiger partial charge in [-0.05, 0) is 157 Å². The van der Waals surface area contributed by atoms with Gasteiger partial charge in [0.05, 0.1) is 49.1 Å². The van der Waals surface area contributed by atoms with E-state index in [-0.39, 0.29) is 55.2 Å². The molecule has 0 aliphatic heterocycles. The number of nitriles is 2. The van der Waals surface area contributed by atoms with Crippen LogP contribution in [0.1, 0.15) is 112 Å². The van der Waals surface area contributed by atoms with E-state index in [9.17, 15) is 112 Å². The number of carbonyl (C=O) groups excluding carboxylic acids is 2. The number of halogens is 21. The first kappa shape index (κ1) is 81.9. The highest BCUT2D eigenvalue weighted by atomic mass is 35.5. The molecular formula is C68H53ClF20N4O5S. The number of carbonyl (C=O) groups is 2. The normalized spacial score (nSPS) is 13.2. The molecule has 8 aromatic carbocycles. The highest BCUT2D eigenvalue weighted by Crippen LogP contribution is 2.42. The fraction of sp³-hybridized carbons (Fsp3) is 0.235. The maximum Gasteiger partial charge on any atom is 0.461 e. The van der Waals surface area contributed by atoms with Crippen molar-refractivity contribution >= 4 is 33.7 Å². The minimum absolute atomic E-state index is 0. The molecule has 0 spiro atoms. The van der Waals surface area contributed by atoms with Crippen molar-refractivity contribution < 1.29 is 111 Å². The fourth-order valence-electron chi connectivity index (χ4n) is 9.11. The number of hydrogen-bond donors (Lipinski definition) is 2. The summed E-state index contributed by atoms with van der Waals surface area (Å²) in [6.45, 7) is 4.95. The van der Waals surface area contributed by atoms with Crippen LogP contribution >= 0.6 is 11.6 Å². The molecule has 0 aromatic heterocycles. The number of alkyl halides is 14. The number of nitrogens with zero attached hydrogens (tertiary/aromatic N) is 2. The van der Waals surface area contributed by atoms with Gasteiger partial charge in [-0.1, -0.05) is 87.6 Å². The summed E-state index contributed by atoms with van der Waals surface area (Å²) >= 11 is 4.95. The Bertz CT molecular complexity index is 4260. The summed E-state index contributed by atoms with van der Waals surface area (Å²) in [5, 5.41) is 20.3. The Kier molecular flexibility index (Phi) is 27.2. The van der Waals surface area contributed by atoms with E-state index >= 15 is 0 Å². The third-order valence-electron chi connectivity index (χ3n) is 13.7. The lowest BCUT2D eigenvalue weighted by Gasteiger charge is -2.38. The Morgan fingerprint density at radius 3 is 1.22 bits per heavy atom. The lowest BCUT2D eigenvalue weighted by Crippen LogP contribution is -2.50. The molecule has 0 heterocycles. The van der Waals surface area contributed by atoms with Gasteiger partial charge in [0, 0.05) is 29.7 Å². The van der Waals surface area contributed by atoms with Crippen molar-refractivity contribution in [2.45, 2.75) is 102 Å². The third-order valence-corrected chi connectivity index (χ3v) is 15.6. The first-order valence-corrected chi connectivity index (χ1v) is 28.8. The fourth-order valence-corrected chi connectivity index (χ4v) is 10.2. The van der Waals surface area contributed by atoms with Gasteiger partial charge in [0.15, 0.2) is 0 Å². The average Bonchev–Trinajstić information content (AvgIpc) is 0.758. The van der Waals surface area contributed by atoms with E-state index in [1.807, 2.05) is 0 Å². The molecule has 1 amide bonds. The van der Waals surface area contributed by atoms with Crippen LogP contribution in [0.4, 0.5) is 87.8 Å². The lowest BCUT2D eigenvalue weighted by molar-refractivity contribution is -0.253. The van der Waals surface area contributed by atoms with Gasteiger partial charge in [-0.3, -0.25) is 9.59 Å². The van der Waals surface area contributed by atoms with Crippen LogP contribution < -0.4 is 19.5 Å². The van der Waals surface area contributed by atoms with E-state index in [1.165, 1.54) is 36.4 Å². The van der Waals surface area contributed by atoms with Crippen LogP contribution in [0, 0.1) is 57.6 Å². The molecule has 8 rings (SSSR count). The molecule has 0 radical (unpaired) electrons. The molecular weight excluding hydrogens is 1400 g/mol. The van der Waals surface area contributed by atoms with Crippen LogP contribution in [-0.2, 0) is 47.3 Å². The molecule has 31 heteroatoms. The van der Waals surface area contributed by atoms with E-state index in [0.717, 1.165) is 42.5 Å². The quantitative estimate of drug-likeness (QED) is 0.0606. The van der Waals surface area contributed by atoms with E-state index < -0.39 is 156 Å². The van der Waals surface area contributed by atoms with Crippen LogP contribution in [0.25, 0.3) is 0 Å². The molecule has 0 saturated carbocycles. The van der Waals surface area contributed by atoms with Gasteiger partial charge in [0.2, 0.25) is 0 Å². The Hall–Kier alpha value is -9.52. The molecule has 3 atom stereocenters. The molecule has 2 N–H and O–H groups in total. The Morgan fingerprint density at radius 2 is 0.848 bits per heavy atom. The van der Waals surface area contributed by atoms with Gasteiger partial charge in [-0.15, -0.1) is 0 Å². The zero-order chi connectivity index (χ0) is 72.4. The number of benzene rings is 8. The lowest BCUT2D eigenvalue weighted by atomic mass is 9.77. The smallest absolute Gasteiger partial charge is 0.428 e. The summed E-state index contributed by atoms with van der Waals surface area (Å²) in [6, 6.07) is 32.9. The van der Waals surface area contributed by atoms with Crippen LogP contribution in [0.2, 0.25) is 0 Å². The van der Waals surface area contributed by atoms with E-state index in [4.69, 9.17) is 11.6 Å². The minimum Gasteiger partial charge on any atom is -0.428 e. The maximum absolute atomic E-state index is 15.0. The first-order valence-electron chi connectivity index (χ1n) is 27.3. The highest BCUT2D eigenvalue weighted by Gasteiger charge is 2.47. The largest absolute Gasteiger partial charge is 0.461 e. The summed E-state index contributed by atoms with van der Waals surface area (Å²) in [5.74, 6) is -10.8. The van der Waals surface area contributed by atoms with E-state index in [2.05, 4.69) is 19.5 Å². The molecule has 99 heavy (non-hydrogen) atoms. The van der Waals surface area contributed by atoms with Crippen molar-refractivity contribution in [3.05, 3.63) is 272 Å². The number of ether oxygens (including phenoxy) is 2. The van der Waals surface area contributed by atoms with Gasteiger partial charge >= 0.3 is 37.4 Å². The van der Waals surface area contributed by atoms with Crippen LogP contribution in [-0.4, -0.2) is 45.2 Å². The zero-order valence-electron chi connectivity index (χ0n) is 49.5. The topological polar surface area (TPSA) is 141 Å². The van der Waals surface area contributed by atoms with Crippen molar-refractivity contribution in [3.8, 4) is 23.6 Å². The molecule has 0 fully saturated rings. The third kappa shape index (κ3) is 20.8. The Labute approximate surface area is 560 Å². The van der Waals surface area contributed by atoms with Crippen molar-refractivity contribution in [1.82, 2.24) is 10.0 Å². The molecule has 0 saturated heterocycles. The first-order chi connectivity index (χ1) is 45.0. The minimum atomic E-state index is -5.22. The van der Waals surface area contributed by atoms with Crippen molar-refractivity contribution in [2.75, 3.05) is 0 Å². The molecule has 528 valence electrons. The summed E-state index contributed by atoms with van der Waals surface area (Å²) in [5.41, 5.74) is -9.08. The monoisotopic (exact) mass is 1450 g/mol. The Morgan fingerprint density at radius 1 is 0.485 bits per heavy atom. The van der Waals surface area contributed by atoms with Gasteiger partial charge in [0.1, 0.15) is 58.5 Å². The molecule has 9 nitrogen and oxygen atoms in total. The number of rotatable bonds is 19. The molecule has 0 aliphatic carbocycles. The highest BCUT2D eigenvalue weighted by molar-refractivity contribution is 7.84. The van der Waals surface area contributed by atoms with Crippen LogP contribution in [0.15, 0.2) is 170 Å². The summed E-state index contributed by atoms with van der Waals surface area (Å²) < 4.78 is 292. The predicted molar refractivity (Wildman–Crippen MR) is 325 cm³/mol. The second-order valence-electron chi connectivity index (χ2n) is 21.6. The van der Waals surface area contributed by atoms with Gasteiger partial charge < -0.3 is 14.8 Å². The van der Waals surface area contributed by atoms with E-state index in [0.29, 0.717) is 59.7 Å².